The van der Waals surface area contributed by atoms with Crippen LogP contribution in [0.3, 0.4) is 0 Å². The lowest BCUT2D eigenvalue weighted by atomic mass is 10.3. The molecule has 1 N–H and O–H groups in total. The van der Waals surface area contributed by atoms with Crippen molar-refractivity contribution in [1.29, 1.82) is 0 Å². The van der Waals surface area contributed by atoms with Gasteiger partial charge in [-0.1, -0.05) is 0 Å². The van der Waals surface area contributed by atoms with Crippen LogP contribution in [0.4, 0.5) is 0 Å². The molecule has 128 valence electrons. The summed E-state index contributed by atoms with van der Waals surface area (Å²) < 4.78 is 16.5. The van der Waals surface area contributed by atoms with E-state index in [9.17, 15) is 14.4 Å². The fourth-order valence-electron chi connectivity index (χ4n) is 2.24. The quantitative estimate of drug-likeness (QED) is 0.691. The van der Waals surface area contributed by atoms with Gasteiger partial charge in [0.25, 0.3) is 11.8 Å². The smallest absolute Gasteiger partial charge is 0.253 e. The van der Waals surface area contributed by atoms with Crippen molar-refractivity contribution >= 4 is 29.1 Å². The molecule has 24 heavy (non-hydrogen) atoms. The molecule has 1 atom stereocenters. The van der Waals surface area contributed by atoms with Gasteiger partial charge in [0.05, 0.1) is 6.61 Å². The van der Waals surface area contributed by atoms with Gasteiger partial charge in [0.2, 0.25) is 5.91 Å². The Hall–Kier alpha value is -2.39. The lowest BCUT2D eigenvalue weighted by Gasteiger charge is -2.24. The van der Waals surface area contributed by atoms with E-state index in [-0.39, 0.29) is 50.1 Å². The first-order valence-corrected chi connectivity index (χ1v) is 8.31. The lowest BCUT2D eigenvalue weighted by molar-refractivity contribution is -0.137. The van der Waals surface area contributed by atoms with Crippen molar-refractivity contribution in [1.82, 2.24) is 10.2 Å². The van der Waals surface area contributed by atoms with Gasteiger partial charge >= 0.3 is 0 Å². The van der Waals surface area contributed by atoms with E-state index in [4.69, 9.17) is 14.2 Å². The minimum atomic E-state index is -0.368. The van der Waals surface area contributed by atoms with Crippen LogP contribution in [0.2, 0.25) is 0 Å². The number of fused-ring (bicyclic) bond motifs is 1. The maximum atomic E-state index is 11.7. The maximum absolute atomic E-state index is 11.7. The molecule has 2 aliphatic heterocycles. The third-order valence-corrected chi connectivity index (χ3v) is 4.11. The van der Waals surface area contributed by atoms with Gasteiger partial charge in [0, 0.05) is 36.0 Å². The van der Waals surface area contributed by atoms with Gasteiger partial charge in [-0.3, -0.25) is 19.3 Å². The number of nitrogens with one attached hydrogen (secondary N) is 1. The summed E-state index contributed by atoms with van der Waals surface area (Å²) in [6.45, 7) is 0.795. The molecule has 0 bridgehead atoms. The van der Waals surface area contributed by atoms with Crippen LogP contribution in [0.15, 0.2) is 22.9 Å². The minimum Gasteiger partial charge on any atom is -0.485 e. The van der Waals surface area contributed by atoms with Crippen molar-refractivity contribution in [2.24, 2.45) is 0 Å². The van der Waals surface area contributed by atoms with Crippen molar-refractivity contribution in [2.45, 2.75) is 6.10 Å². The first-order chi connectivity index (χ1) is 11.6. The number of thiophene rings is 1. The van der Waals surface area contributed by atoms with E-state index in [1.54, 1.807) is 0 Å². The van der Waals surface area contributed by atoms with Crippen LogP contribution in [-0.4, -0.2) is 61.6 Å². The summed E-state index contributed by atoms with van der Waals surface area (Å²) in [5.74, 6) is 0.364. The fraction of sp³-hybridized carbons (Fsp3) is 0.400. The summed E-state index contributed by atoms with van der Waals surface area (Å²) in [6, 6.07) is 0. The molecule has 3 heterocycles. The van der Waals surface area contributed by atoms with Crippen LogP contribution in [0.5, 0.6) is 11.5 Å². The van der Waals surface area contributed by atoms with Crippen molar-refractivity contribution in [3.8, 4) is 11.5 Å². The Bertz CT molecular complexity index is 653. The Morgan fingerprint density at radius 2 is 2.04 bits per heavy atom. The highest BCUT2D eigenvalue weighted by Gasteiger charge is 2.23. The van der Waals surface area contributed by atoms with Crippen molar-refractivity contribution in [3.63, 3.8) is 0 Å². The third kappa shape index (κ3) is 3.92. The molecule has 0 radical (unpaired) electrons. The number of nitrogens with zero attached hydrogens (tertiary/aromatic N) is 1. The molecule has 3 amide bonds. The molecule has 0 spiro atoms. The van der Waals surface area contributed by atoms with Crippen molar-refractivity contribution < 1.29 is 28.6 Å². The molecule has 9 heteroatoms. The summed E-state index contributed by atoms with van der Waals surface area (Å²) in [7, 11) is 0. The highest BCUT2D eigenvalue weighted by atomic mass is 32.1. The van der Waals surface area contributed by atoms with Gasteiger partial charge in [-0.2, -0.15) is 0 Å². The van der Waals surface area contributed by atoms with Crippen molar-refractivity contribution in [3.05, 3.63) is 22.9 Å². The third-order valence-electron chi connectivity index (χ3n) is 3.41. The molecule has 3 rings (SSSR count). The minimum absolute atomic E-state index is 0.128. The van der Waals surface area contributed by atoms with Gasteiger partial charge in [-0.25, -0.2) is 0 Å². The molecular weight excluding hydrogens is 336 g/mol. The van der Waals surface area contributed by atoms with Crippen LogP contribution in [-0.2, 0) is 19.1 Å². The number of carbonyl (C=O) groups excluding carboxylic acids is 3. The molecule has 1 aromatic heterocycles. The summed E-state index contributed by atoms with van der Waals surface area (Å²) >= 11 is 1.49. The molecule has 0 fully saturated rings. The van der Waals surface area contributed by atoms with Gasteiger partial charge < -0.3 is 19.5 Å². The van der Waals surface area contributed by atoms with E-state index in [0.29, 0.717) is 12.4 Å². The van der Waals surface area contributed by atoms with Crippen molar-refractivity contribution in [2.75, 3.05) is 32.9 Å². The first kappa shape index (κ1) is 16.5. The van der Waals surface area contributed by atoms with Crippen LogP contribution in [0.1, 0.15) is 0 Å². The fourth-order valence-corrected chi connectivity index (χ4v) is 2.91. The highest BCUT2D eigenvalue weighted by molar-refractivity contribution is 7.08. The largest absolute Gasteiger partial charge is 0.485 e. The molecule has 0 aromatic carbocycles. The highest BCUT2D eigenvalue weighted by Crippen LogP contribution is 2.35. The van der Waals surface area contributed by atoms with E-state index in [1.807, 2.05) is 10.8 Å². The first-order valence-electron chi connectivity index (χ1n) is 7.37. The SMILES string of the molecule is O=C(COCC1COc2cscc2O1)NCCN1C(=O)C=CC1=O. The number of rotatable bonds is 7. The van der Waals surface area contributed by atoms with Gasteiger partial charge in [0.15, 0.2) is 17.6 Å². The second-order valence-electron chi connectivity index (χ2n) is 5.18. The molecule has 0 saturated carbocycles. The second-order valence-corrected chi connectivity index (χ2v) is 5.92. The molecular formula is C15H16N2O6S. The number of ether oxygens (including phenoxy) is 3. The van der Waals surface area contributed by atoms with Crippen LogP contribution < -0.4 is 14.8 Å². The lowest BCUT2D eigenvalue weighted by Crippen LogP contribution is -2.40. The Morgan fingerprint density at radius 3 is 2.83 bits per heavy atom. The topological polar surface area (TPSA) is 94.2 Å². The van der Waals surface area contributed by atoms with E-state index in [2.05, 4.69) is 5.32 Å². The predicted octanol–water partition coefficient (Wildman–Crippen LogP) is -0.0543. The van der Waals surface area contributed by atoms with E-state index >= 15 is 0 Å². The molecule has 2 aliphatic rings. The molecule has 0 aliphatic carbocycles. The zero-order valence-corrected chi connectivity index (χ0v) is 13.5. The molecule has 1 unspecified atom stereocenters. The Morgan fingerprint density at radius 1 is 1.29 bits per heavy atom. The summed E-state index contributed by atoms with van der Waals surface area (Å²) in [5.41, 5.74) is 0. The number of hydrogen-bond donors (Lipinski definition) is 1. The number of hydrogen-bond acceptors (Lipinski definition) is 7. The normalized spacial score (nSPS) is 19.0. The van der Waals surface area contributed by atoms with Gasteiger partial charge in [0.1, 0.15) is 13.2 Å². The average molecular weight is 352 g/mol. The van der Waals surface area contributed by atoms with Crippen LogP contribution in [0.25, 0.3) is 0 Å². The Labute approximate surface area is 142 Å². The Kier molecular flexibility index (Phi) is 5.11. The van der Waals surface area contributed by atoms with Crippen LogP contribution in [0, 0.1) is 0 Å². The molecule has 8 nitrogen and oxygen atoms in total. The van der Waals surface area contributed by atoms with Gasteiger partial charge in [-0.15, -0.1) is 11.3 Å². The monoisotopic (exact) mass is 352 g/mol. The summed E-state index contributed by atoms with van der Waals surface area (Å²) in [4.78, 5) is 35.4. The summed E-state index contributed by atoms with van der Waals surface area (Å²) in [5, 5.41) is 6.31. The average Bonchev–Trinajstić information content (AvgIpc) is 3.15. The Balaban J connectivity index is 1.29. The van der Waals surface area contributed by atoms with E-state index in [1.165, 1.54) is 23.5 Å². The summed E-state index contributed by atoms with van der Waals surface area (Å²) in [6.07, 6.45) is 2.15. The second kappa shape index (κ2) is 7.45. The molecule has 0 saturated heterocycles. The molecule has 1 aromatic rings. The number of carbonyl (C=O) groups is 3. The van der Waals surface area contributed by atoms with Crippen LogP contribution >= 0.6 is 11.3 Å². The zero-order valence-electron chi connectivity index (χ0n) is 12.7. The predicted molar refractivity (Wildman–Crippen MR) is 83.9 cm³/mol. The van der Waals surface area contributed by atoms with E-state index in [0.717, 1.165) is 10.6 Å². The standard InChI is InChI=1S/C15H16N2O6S/c18-13(16-3-4-17-14(19)1-2-15(17)20)7-21-5-10-6-22-11-8-24-9-12(11)23-10/h1-2,8-10H,3-7H2,(H,16,18). The zero-order chi connectivity index (χ0) is 16.9. The van der Waals surface area contributed by atoms with Gasteiger partial charge in [-0.05, 0) is 0 Å². The maximum Gasteiger partial charge on any atom is 0.253 e. The number of amides is 3. The number of imide groups is 1. The van der Waals surface area contributed by atoms with E-state index < -0.39 is 0 Å².